The number of anilines is 2. The van der Waals surface area contributed by atoms with E-state index >= 15 is 0 Å². The molecule has 0 spiro atoms. The molecule has 0 radical (unpaired) electrons. The molecule has 3 N–H and O–H groups in total. The zero-order valence-corrected chi connectivity index (χ0v) is 12.7. The van der Waals surface area contributed by atoms with Crippen molar-refractivity contribution in [2.75, 3.05) is 37.4 Å². The SMILES string of the molecule is C=CCN(CCOC)c1c(N)n(CCCC)c(=O)[nH]c1=O. The summed E-state index contributed by atoms with van der Waals surface area (Å²) in [6.07, 6.45) is 3.42. The summed E-state index contributed by atoms with van der Waals surface area (Å²) in [5, 5.41) is 0. The van der Waals surface area contributed by atoms with Gasteiger partial charge in [0, 0.05) is 26.7 Å². The van der Waals surface area contributed by atoms with Crippen molar-refractivity contribution in [2.24, 2.45) is 0 Å². The minimum absolute atomic E-state index is 0.190. The van der Waals surface area contributed by atoms with Gasteiger partial charge in [0.2, 0.25) is 0 Å². The Morgan fingerprint density at radius 1 is 1.48 bits per heavy atom. The summed E-state index contributed by atoms with van der Waals surface area (Å²) in [6.45, 7) is 7.57. The molecule has 0 unspecified atom stereocenters. The zero-order chi connectivity index (χ0) is 15.8. The number of nitrogens with one attached hydrogen (secondary N) is 1. The maximum atomic E-state index is 12.1. The van der Waals surface area contributed by atoms with E-state index in [1.54, 1.807) is 18.1 Å². The number of nitrogens with two attached hydrogens (primary N) is 1. The fraction of sp³-hybridized carbons (Fsp3) is 0.571. The van der Waals surface area contributed by atoms with Gasteiger partial charge in [-0.05, 0) is 6.42 Å². The monoisotopic (exact) mass is 296 g/mol. The Morgan fingerprint density at radius 2 is 2.19 bits per heavy atom. The van der Waals surface area contributed by atoms with Gasteiger partial charge < -0.3 is 15.4 Å². The highest BCUT2D eigenvalue weighted by molar-refractivity contribution is 5.62. The highest BCUT2D eigenvalue weighted by Gasteiger charge is 2.17. The number of aromatic nitrogens is 2. The summed E-state index contributed by atoms with van der Waals surface area (Å²) < 4.78 is 6.45. The van der Waals surface area contributed by atoms with Gasteiger partial charge in [-0.25, -0.2) is 4.79 Å². The van der Waals surface area contributed by atoms with Gasteiger partial charge in [-0.3, -0.25) is 14.3 Å². The summed E-state index contributed by atoms with van der Waals surface area (Å²) in [6, 6.07) is 0. The van der Waals surface area contributed by atoms with Gasteiger partial charge in [-0.2, -0.15) is 0 Å². The lowest BCUT2D eigenvalue weighted by Gasteiger charge is -2.24. The summed E-state index contributed by atoms with van der Waals surface area (Å²) in [4.78, 5) is 28.1. The first kappa shape index (κ1) is 17.0. The molecule has 21 heavy (non-hydrogen) atoms. The van der Waals surface area contributed by atoms with Crippen LogP contribution in [0.1, 0.15) is 19.8 Å². The van der Waals surface area contributed by atoms with Crippen LogP contribution in [0.5, 0.6) is 0 Å². The molecule has 0 aliphatic carbocycles. The molecule has 0 saturated carbocycles. The van der Waals surface area contributed by atoms with Crippen molar-refractivity contribution in [3.05, 3.63) is 33.5 Å². The fourth-order valence-electron chi connectivity index (χ4n) is 2.07. The second-order valence-corrected chi connectivity index (χ2v) is 4.73. The van der Waals surface area contributed by atoms with E-state index in [0.717, 1.165) is 12.8 Å². The topological polar surface area (TPSA) is 93.3 Å². The molecule has 0 amide bonds. The highest BCUT2D eigenvalue weighted by atomic mass is 16.5. The lowest BCUT2D eigenvalue weighted by molar-refractivity contribution is 0.205. The van der Waals surface area contributed by atoms with E-state index in [0.29, 0.717) is 31.9 Å². The third-order valence-corrected chi connectivity index (χ3v) is 3.18. The number of nitrogen functional groups attached to an aromatic ring is 1. The first-order valence-corrected chi connectivity index (χ1v) is 7.04. The maximum absolute atomic E-state index is 12.1. The van der Waals surface area contributed by atoms with Gasteiger partial charge in [0.25, 0.3) is 5.56 Å². The number of nitrogens with zero attached hydrogens (tertiary/aromatic N) is 2. The van der Waals surface area contributed by atoms with E-state index in [4.69, 9.17) is 10.5 Å². The molecule has 1 aromatic rings. The predicted octanol–water partition coefficient (Wildman–Crippen LogP) is 0.558. The molecular formula is C14H24N4O3. The largest absolute Gasteiger partial charge is 0.383 e. The molecule has 118 valence electrons. The Balaban J connectivity index is 3.28. The van der Waals surface area contributed by atoms with Crippen molar-refractivity contribution < 1.29 is 4.74 Å². The van der Waals surface area contributed by atoms with Gasteiger partial charge in [0.05, 0.1) is 6.61 Å². The van der Waals surface area contributed by atoms with Crippen LogP contribution in [0, 0.1) is 0 Å². The van der Waals surface area contributed by atoms with Crippen molar-refractivity contribution >= 4 is 11.5 Å². The van der Waals surface area contributed by atoms with E-state index in [2.05, 4.69) is 11.6 Å². The molecule has 1 aromatic heterocycles. The standard InChI is InChI=1S/C14H24N4O3/c1-4-6-8-18-12(15)11(13(19)16-14(18)20)17(7-5-2)9-10-21-3/h5H,2,4,6-10,15H2,1,3H3,(H,16,19,20). The first-order valence-electron chi connectivity index (χ1n) is 7.04. The number of ether oxygens (including phenoxy) is 1. The second-order valence-electron chi connectivity index (χ2n) is 4.73. The molecule has 1 heterocycles. The van der Waals surface area contributed by atoms with Crippen LogP contribution in [0.15, 0.2) is 22.2 Å². The number of methoxy groups -OCH3 is 1. The van der Waals surface area contributed by atoms with E-state index < -0.39 is 11.2 Å². The van der Waals surface area contributed by atoms with E-state index in [9.17, 15) is 9.59 Å². The van der Waals surface area contributed by atoms with Crippen molar-refractivity contribution in [1.82, 2.24) is 9.55 Å². The lowest BCUT2D eigenvalue weighted by atomic mass is 10.3. The summed E-state index contributed by atoms with van der Waals surface area (Å²) >= 11 is 0. The molecule has 0 fully saturated rings. The predicted molar refractivity (Wildman–Crippen MR) is 84.9 cm³/mol. The van der Waals surface area contributed by atoms with Crippen LogP contribution < -0.4 is 21.9 Å². The van der Waals surface area contributed by atoms with Gasteiger partial charge >= 0.3 is 5.69 Å². The smallest absolute Gasteiger partial charge is 0.330 e. The number of rotatable bonds is 9. The molecule has 1 rings (SSSR count). The van der Waals surface area contributed by atoms with E-state index in [1.807, 2.05) is 6.92 Å². The third-order valence-electron chi connectivity index (χ3n) is 3.18. The quantitative estimate of drug-likeness (QED) is 0.649. The number of aromatic amines is 1. The van der Waals surface area contributed by atoms with Gasteiger partial charge in [-0.15, -0.1) is 6.58 Å². The molecule has 0 bridgehead atoms. The van der Waals surface area contributed by atoms with Crippen molar-refractivity contribution in [3.63, 3.8) is 0 Å². The van der Waals surface area contributed by atoms with Crippen LogP contribution in [0.4, 0.5) is 11.5 Å². The van der Waals surface area contributed by atoms with Gasteiger partial charge in [0.15, 0.2) is 0 Å². The lowest BCUT2D eigenvalue weighted by Crippen LogP contribution is -2.39. The average Bonchev–Trinajstić information content (AvgIpc) is 2.44. The van der Waals surface area contributed by atoms with Crippen molar-refractivity contribution in [3.8, 4) is 0 Å². The minimum Gasteiger partial charge on any atom is -0.383 e. The van der Waals surface area contributed by atoms with Gasteiger partial charge in [-0.1, -0.05) is 19.4 Å². The molecule has 0 aliphatic rings. The number of H-pyrrole nitrogens is 1. The van der Waals surface area contributed by atoms with E-state index in [-0.39, 0.29) is 5.82 Å². The van der Waals surface area contributed by atoms with Crippen LogP contribution >= 0.6 is 0 Å². The van der Waals surface area contributed by atoms with Crippen LogP contribution in [-0.4, -0.2) is 36.4 Å². The average molecular weight is 296 g/mol. The Kier molecular flexibility index (Phi) is 6.74. The highest BCUT2D eigenvalue weighted by Crippen LogP contribution is 2.16. The Labute approximate surface area is 124 Å². The first-order chi connectivity index (χ1) is 10.1. The number of unbranched alkanes of at least 4 members (excludes halogenated alkanes) is 1. The second kappa shape index (κ2) is 8.31. The van der Waals surface area contributed by atoms with Crippen LogP contribution in [0.3, 0.4) is 0 Å². The van der Waals surface area contributed by atoms with E-state index in [1.165, 1.54) is 4.57 Å². The molecule has 0 saturated heterocycles. The molecule has 7 heteroatoms. The number of hydrogen-bond acceptors (Lipinski definition) is 5. The Bertz CT molecular complexity index is 577. The molecule has 0 aliphatic heterocycles. The maximum Gasteiger partial charge on any atom is 0.330 e. The van der Waals surface area contributed by atoms with Crippen LogP contribution in [0.2, 0.25) is 0 Å². The minimum atomic E-state index is -0.483. The molecule has 0 atom stereocenters. The normalized spacial score (nSPS) is 10.6. The zero-order valence-electron chi connectivity index (χ0n) is 12.7. The van der Waals surface area contributed by atoms with Crippen molar-refractivity contribution in [1.29, 1.82) is 0 Å². The van der Waals surface area contributed by atoms with Crippen molar-refractivity contribution in [2.45, 2.75) is 26.3 Å². The van der Waals surface area contributed by atoms with Gasteiger partial charge in [0.1, 0.15) is 11.5 Å². The Morgan fingerprint density at radius 3 is 2.76 bits per heavy atom. The summed E-state index contributed by atoms with van der Waals surface area (Å²) in [7, 11) is 1.59. The van der Waals surface area contributed by atoms with Crippen LogP contribution in [0.25, 0.3) is 0 Å². The fourth-order valence-corrected chi connectivity index (χ4v) is 2.07. The molecule has 0 aromatic carbocycles. The molecule has 7 nitrogen and oxygen atoms in total. The third kappa shape index (κ3) is 4.22. The van der Waals surface area contributed by atoms with Crippen LogP contribution in [-0.2, 0) is 11.3 Å². The summed E-state index contributed by atoms with van der Waals surface area (Å²) in [5.41, 5.74) is 5.39. The summed E-state index contributed by atoms with van der Waals surface area (Å²) in [5.74, 6) is 0.190. The number of hydrogen-bond donors (Lipinski definition) is 2. The molecular weight excluding hydrogens is 272 g/mol. The Hall–Kier alpha value is -2.02.